The van der Waals surface area contributed by atoms with Crippen molar-refractivity contribution in [3.05, 3.63) is 12.2 Å². The van der Waals surface area contributed by atoms with Crippen LogP contribution in [-0.2, 0) is 9.53 Å². The van der Waals surface area contributed by atoms with Gasteiger partial charge in [-0.1, -0.05) is 20.4 Å². The number of carbonyl (C=O) groups excluding carboxylic acids is 1. The number of cyclic esters (lactones) is 1. The van der Waals surface area contributed by atoms with Gasteiger partial charge in [0.25, 0.3) is 0 Å². The van der Waals surface area contributed by atoms with Gasteiger partial charge in [0.2, 0.25) is 0 Å². The number of hydrogen-bond acceptors (Lipinski definition) is 4. The van der Waals surface area contributed by atoms with Crippen LogP contribution in [0.2, 0.25) is 0 Å². The lowest BCUT2D eigenvalue weighted by Gasteiger charge is -2.63. The number of ether oxygens (including phenoxy) is 1. The van der Waals surface area contributed by atoms with Crippen molar-refractivity contribution in [2.24, 2.45) is 40.4 Å². The Kier molecular flexibility index (Phi) is 4.15. The zero-order valence-electron chi connectivity index (χ0n) is 17.5. The van der Waals surface area contributed by atoms with Crippen molar-refractivity contribution in [1.82, 2.24) is 0 Å². The highest BCUT2D eigenvalue weighted by Gasteiger charge is 2.68. The first kappa shape index (κ1) is 19.1. The molecule has 0 aromatic carbocycles. The molecule has 0 spiro atoms. The maximum absolute atomic E-state index is 12.2. The van der Waals surface area contributed by atoms with Crippen molar-refractivity contribution in [2.75, 3.05) is 6.61 Å². The predicted octanol–water partition coefficient (Wildman–Crippen LogP) is 3.85. The van der Waals surface area contributed by atoms with E-state index in [9.17, 15) is 15.0 Å². The van der Waals surface area contributed by atoms with Crippen LogP contribution >= 0.6 is 0 Å². The summed E-state index contributed by atoms with van der Waals surface area (Å²) in [7, 11) is 0. The topological polar surface area (TPSA) is 66.8 Å². The summed E-state index contributed by atoms with van der Waals surface area (Å²) in [5.41, 5.74) is 0.0753. The summed E-state index contributed by atoms with van der Waals surface area (Å²) < 4.78 is 5.31. The number of hydrogen-bond donors (Lipinski definition) is 2. The second-order valence-corrected chi connectivity index (χ2v) is 11.2. The lowest BCUT2D eigenvalue weighted by atomic mass is 9.43. The number of fused-ring (bicyclic) bond motifs is 5. The first-order valence-corrected chi connectivity index (χ1v) is 11.5. The largest absolute Gasteiger partial charge is 0.462 e. The standard InChI is InChI=1S/C24H36O4/c1-14-17(13-28-21(14)26)18-8-11-24(27)20-5-4-15-12-16(25)6-9-22(15,2)19(20)7-10-23(18,24)3/h15-20,25,27H,1,4-13H2,2-3H3/t15-,16+,17+,18-,19+,20-,22+,23-,24+/m1/s1. The Labute approximate surface area is 168 Å². The molecule has 0 aromatic rings. The van der Waals surface area contributed by atoms with Crippen molar-refractivity contribution < 1.29 is 19.7 Å². The van der Waals surface area contributed by atoms with E-state index in [2.05, 4.69) is 20.4 Å². The van der Waals surface area contributed by atoms with E-state index in [1.54, 1.807) is 0 Å². The van der Waals surface area contributed by atoms with Gasteiger partial charge in [-0.15, -0.1) is 0 Å². The maximum Gasteiger partial charge on any atom is 0.333 e. The molecule has 5 rings (SSSR count). The first-order valence-electron chi connectivity index (χ1n) is 11.5. The first-order chi connectivity index (χ1) is 13.2. The van der Waals surface area contributed by atoms with Crippen LogP contribution < -0.4 is 0 Å². The molecule has 0 amide bonds. The molecule has 4 aliphatic carbocycles. The predicted molar refractivity (Wildman–Crippen MR) is 106 cm³/mol. The third-order valence-corrected chi connectivity index (χ3v) is 10.5. The van der Waals surface area contributed by atoms with Gasteiger partial charge in [-0.25, -0.2) is 4.79 Å². The van der Waals surface area contributed by atoms with Crippen LogP contribution in [0, 0.1) is 40.4 Å². The van der Waals surface area contributed by atoms with Crippen LogP contribution in [-0.4, -0.2) is 34.5 Å². The minimum absolute atomic E-state index is 0.0693. The molecule has 0 bridgehead atoms. The van der Waals surface area contributed by atoms with Crippen LogP contribution in [0.4, 0.5) is 0 Å². The van der Waals surface area contributed by atoms with Crippen LogP contribution in [0.3, 0.4) is 0 Å². The molecule has 0 aromatic heterocycles. The summed E-state index contributed by atoms with van der Waals surface area (Å²) in [6.07, 6.45) is 9.04. The third kappa shape index (κ3) is 2.28. The molecule has 0 radical (unpaired) electrons. The summed E-state index contributed by atoms with van der Waals surface area (Å²) in [5, 5.41) is 22.4. The Balaban J connectivity index is 1.46. The molecular weight excluding hydrogens is 352 g/mol. The number of aliphatic hydroxyl groups excluding tert-OH is 1. The van der Waals surface area contributed by atoms with Gasteiger partial charge < -0.3 is 14.9 Å². The number of rotatable bonds is 1. The molecule has 2 N–H and O–H groups in total. The number of carbonyl (C=O) groups is 1. The molecule has 156 valence electrons. The van der Waals surface area contributed by atoms with E-state index in [1.807, 2.05) is 0 Å². The summed E-state index contributed by atoms with van der Waals surface area (Å²) in [5.74, 6) is 1.62. The highest BCUT2D eigenvalue weighted by atomic mass is 16.5. The molecule has 5 fully saturated rings. The monoisotopic (exact) mass is 388 g/mol. The van der Waals surface area contributed by atoms with Crippen LogP contribution in [0.25, 0.3) is 0 Å². The van der Waals surface area contributed by atoms with Crippen molar-refractivity contribution in [3.63, 3.8) is 0 Å². The molecule has 28 heavy (non-hydrogen) atoms. The van der Waals surface area contributed by atoms with Gasteiger partial charge in [0, 0.05) is 16.9 Å². The Bertz CT molecular complexity index is 703. The van der Waals surface area contributed by atoms with Gasteiger partial charge in [-0.3, -0.25) is 0 Å². The summed E-state index contributed by atoms with van der Waals surface area (Å²) in [6.45, 7) is 9.21. The fraction of sp³-hybridized carbons (Fsp3) is 0.875. The van der Waals surface area contributed by atoms with Gasteiger partial charge in [-0.2, -0.15) is 0 Å². The van der Waals surface area contributed by atoms with E-state index in [0.717, 1.165) is 57.8 Å². The molecule has 1 saturated heterocycles. The van der Waals surface area contributed by atoms with Crippen LogP contribution in [0.15, 0.2) is 12.2 Å². The Hall–Kier alpha value is -0.870. The SMILES string of the molecule is C=C1C(=O)OC[C@@H]1[C@H]1CC[C@]2(O)[C@@H]3CC[C@@H]4C[C@@H](O)CC[C@]4(C)[C@H]3CC[C@]12C. The maximum atomic E-state index is 12.2. The normalized spacial score (nSPS) is 56.0. The van der Waals surface area contributed by atoms with E-state index in [0.29, 0.717) is 29.9 Å². The second kappa shape index (κ2) is 6.07. The lowest BCUT2D eigenvalue weighted by Crippen LogP contribution is -2.62. The van der Waals surface area contributed by atoms with Crippen LogP contribution in [0.1, 0.15) is 71.6 Å². The zero-order chi connectivity index (χ0) is 19.9. The molecule has 1 aliphatic heterocycles. The van der Waals surface area contributed by atoms with Crippen molar-refractivity contribution >= 4 is 5.97 Å². The van der Waals surface area contributed by atoms with Crippen molar-refractivity contribution in [3.8, 4) is 0 Å². The van der Waals surface area contributed by atoms with E-state index < -0.39 is 5.60 Å². The minimum atomic E-state index is -0.642. The van der Waals surface area contributed by atoms with Gasteiger partial charge in [-0.05, 0) is 86.9 Å². The average molecular weight is 389 g/mol. The number of aliphatic hydroxyl groups is 2. The van der Waals surface area contributed by atoms with Gasteiger partial charge in [0.15, 0.2) is 0 Å². The lowest BCUT2D eigenvalue weighted by molar-refractivity contribution is -0.212. The molecule has 1 heterocycles. The fourth-order valence-corrected chi connectivity index (χ4v) is 8.76. The molecule has 0 unspecified atom stereocenters. The summed E-state index contributed by atoms with van der Waals surface area (Å²) in [6, 6.07) is 0. The molecule has 4 nitrogen and oxygen atoms in total. The Morgan fingerprint density at radius 2 is 1.75 bits per heavy atom. The van der Waals surface area contributed by atoms with Gasteiger partial charge in [0.05, 0.1) is 18.3 Å². The number of esters is 1. The molecule has 9 atom stereocenters. The molecule has 4 heteroatoms. The molecule has 4 saturated carbocycles. The van der Waals surface area contributed by atoms with Crippen LogP contribution in [0.5, 0.6) is 0 Å². The summed E-state index contributed by atoms with van der Waals surface area (Å²) in [4.78, 5) is 11.9. The van der Waals surface area contributed by atoms with E-state index >= 15 is 0 Å². The van der Waals surface area contributed by atoms with E-state index in [4.69, 9.17) is 4.74 Å². The molecular formula is C24H36O4. The quantitative estimate of drug-likeness (QED) is 0.529. The highest BCUT2D eigenvalue weighted by Crippen LogP contribution is 2.70. The zero-order valence-corrected chi connectivity index (χ0v) is 17.5. The van der Waals surface area contributed by atoms with E-state index in [-0.39, 0.29) is 34.7 Å². The smallest absolute Gasteiger partial charge is 0.333 e. The van der Waals surface area contributed by atoms with Gasteiger partial charge >= 0.3 is 5.97 Å². The summed E-state index contributed by atoms with van der Waals surface area (Å²) >= 11 is 0. The van der Waals surface area contributed by atoms with Crippen molar-refractivity contribution in [2.45, 2.75) is 83.3 Å². The average Bonchev–Trinajstić information content (AvgIpc) is 3.12. The highest BCUT2D eigenvalue weighted by molar-refractivity contribution is 5.90. The Morgan fingerprint density at radius 1 is 1.00 bits per heavy atom. The van der Waals surface area contributed by atoms with Crippen molar-refractivity contribution in [1.29, 1.82) is 0 Å². The molecule has 5 aliphatic rings. The minimum Gasteiger partial charge on any atom is -0.462 e. The second-order valence-electron chi connectivity index (χ2n) is 11.2. The van der Waals surface area contributed by atoms with E-state index in [1.165, 1.54) is 0 Å². The third-order valence-electron chi connectivity index (χ3n) is 10.5. The van der Waals surface area contributed by atoms with Gasteiger partial charge in [0.1, 0.15) is 0 Å². The fourth-order valence-electron chi connectivity index (χ4n) is 8.76. The Morgan fingerprint density at radius 3 is 2.46 bits per heavy atom.